The number of rotatable bonds is 3. The molecule has 0 spiro atoms. The van der Waals surface area contributed by atoms with Crippen LogP contribution in [0.3, 0.4) is 0 Å². The zero-order valence-electron chi connectivity index (χ0n) is 20.2. The summed E-state index contributed by atoms with van der Waals surface area (Å²) >= 11 is 6.19. The van der Waals surface area contributed by atoms with Gasteiger partial charge in [0.15, 0.2) is 0 Å². The van der Waals surface area contributed by atoms with Gasteiger partial charge in [0.05, 0.1) is 23.9 Å². The molecule has 1 unspecified atom stereocenters. The molecule has 184 valence electrons. The number of carbonyl (C=O) groups is 2. The number of ether oxygens (including phenoxy) is 1. The fourth-order valence-electron chi connectivity index (χ4n) is 4.74. The molecule has 0 aromatic heterocycles. The summed E-state index contributed by atoms with van der Waals surface area (Å²) in [6.07, 6.45) is 0.693. The van der Waals surface area contributed by atoms with E-state index in [-0.39, 0.29) is 28.2 Å². The third-order valence-electron chi connectivity index (χ3n) is 6.70. The molecule has 5 rings (SSSR count). The number of hydrogen-bond acceptors (Lipinski definition) is 5. The van der Waals surface area contributed by atoms with Gasteiger partial charge in [-0.2, -0.15) is 0 Å². The molecule has 6 nitrogen and oxygen atoms in total. The first kappa shape index (κ1) is 23.9. The molecule has 2 aliphatic rings. The predicted molar refractivity (Wildman–Crippen MR) is 139 cm³/mol. The molecule has 1 saturated heterocycles. The molecular formula is C29H26ClNO5. The van der Waals surface area contributed by atoms with Crippen molar-refractivity contribution in [2.45, 2.75) is 38.6 Å². The van der Waals surface area contributed by atoms with E-state index in [0.717, 1.165) is 16.9 Å². The number of Topliss-reactive ketones (excluding diaryl/α,β-unsaturated/α-hetero) is 1. The van der Waals surface area contributed by atoms with E-state index in [0.29, 0.717) is 29.2 Å². The number of aromatic hydroxyl groups is 1. The molecule has 3 aromatic carbocycles. The van der Waals surface area contributed by atoms with Gasteiger partial charge in [0.1, 0.15) is 17.3 Å². The maximum Gasteiger partial charge on any atom is 0.300 e. The maximum absolute atomic E-state index is 13.4. The first-order chi connectivity index (χ1) is 17.1. The summed E-state index contributed by atoms with van der Waals surface area (Å²) in [6, 6.07) is 16.1. The van der Waals surface area contributed by atoms with Gasteiger partial charge in [-0.25, -0.2) is 0 Å². The Morgan fingerprint density at radius 2 is 1.75 bits per heavy atom. The Kier molecular flexibility index (Phi) is 5.80. The minimum absolute atomic E-state index is 0.0539. The van der Waals surface area contributed by atoms with Gasteiger partial charge in [-0.05, 0) is 58.5 Å². The number of halogens is 1. The maximum atomic E-state index is 13.4. The van der Waals surface area contributed by atoms with Crippen LogP contribution in [0.25, 0.3) is 5.76 Å². The number of fused-ring (bicyclic) bond motifs is 1. The quantitative estimate of drug-likeness (QED) is 0.264. The smallest absolute Gasteiger partial charge is 0.300 e. The van der Waals surface area contributed by atoms with E-state index in [1.807, 2.05) is 24.3 Å². The SMILES string of the molecule is CC(C)(C)c1ccc(C2/C(=C(/O)c3ccc4c(c3)CCO4)C(=O)C(=O)N2c2cc(Cl)ccc2O)cc1. The van der Waals surface area contributed by atoms with Crippen LogP contribution in [0.2, 0.25) is 5.02 Å². The topological polar surface area (TPSA) is 87.1 Å². The lowest BCUT2D eigenvalue weighted by Crippen LogP contribution is -2.29. The normalized spacial score (nSPS) is 18.9. The molecule has 1 amide bonds. The van der Waals surface area contributed by atoms with Crippen molar-refractivity contribution < 1.29 is 24.5 Å². The first-order valence-electron chi connectivity index (χ1n) is 11.7. The molecule has 0 bridgehead atoms. The summed E-state index contributed by atoms with van der Waals surface area (Å²) in [5.74, 6) is -1.44. The van der Waals surface area contributed by atoms with Crippen molar-refractivity contribution in [3.63, 3.8) is 0 Å². The van der Waals surface area contributed by atoms with E-state index in [1.54, 1.807) is 18.2 Å². The van der Waals surface area contributed by atoms with Crippen LogP contribution >= 0.6 is 11.6 Å². The van der Waals surface area contributed by atoms with E-state index >= 15 is 0 Å². The van der Waals surface area contributed by atoms with Gasteiger partial charge in [0.2, 0.25) is 0 Å². The van der Waals surface area contributed by atoms with Gasteiger partial charge >= 0.3 is 0 Å². The van der Waals surface area contributed by atoms with Crippen molar-refractivity contribution >= 4 is 34.7 Å². The molecule has 36 heavy (non-hydrogen) atoms. The molecule has 2 N–H and O–H groups in total. The van der Waals surface area contributed by atoms with Crippen LogP contribution in [0, 0.1) is 0 Å². The average molecular weight is 504 g/mol. The predicted octanol–water partition coefficient (Wildman–Crippen LogP) is 5.90. The first-order valence-corrected chi connectivity index (χ1v) is 12.1. The van der Waals surface area contributed by atoms with Gasteiger partial charge in [-0.3, -0.25) is 14.5 Å². The average Bonchev–Trinajstić information content (AvgIpc) is 3.42. The highest BCUT2D eigenvalue weighted by Gasteiger charge is 2.48. The fourth-order valence-corrected chi connectivity index (χ4v) is 4.91. The molecule has 7 heteroatoms. The summed E-state index contributed by atoms with van der Waals surface area (Å²) < 4.78 is 5.56. The number of carbonyl (C=O) groups excluding carboxylic acids is 2. The minimum Gasteiger partial charge on any atom is -0.507 e. The number of benzene rings is 3. The number of aliphatic hydroxyl groups excluding tert-OH is 1. The van der Waals surface area contributed by atoms with E-state index in [2.05, 4.69) is 20.8 Å². The monoisotopic (exact) mass is 503 g/mol. The molecule has 0 aliphatic carbocycles. The van der Waals surface area contributed by atoms with Crippen molar-refractivity contribution in [2.24, 2.45) is 0 Å². The Morgan fingerprint density at radius 3 is 2.44 bits per heavy atom. The Labute approximate surface area is 214 Å². The van der Waals surface area contributed by atoms with Gasteiger partial charge in [0, 0.05) is 17.0 Å². The Balaban J connectivity index is 1.72. The Morgan fingerprint density at radius 1 is 1.03 bits per heavy atom. The third-order valence-corrected chi connectivity index (χ3v) is 6.93. The number of ketones is 1. The molecule has 2 aliphatic heterocycles. The number of aliphatic hydroxyl groups is 1. The summed E-state index contributed by atoms with van der Waals surface area (Å²) in [6.45, 7) is 6.83. The number of phenols is 1. The van der Waals surface area contributed by atoms with Crippen molar-refractivity contribution in [2.75, 3.05) is 11.5 Å². The number of phenolic OH excluding ortho intramolecular Hbond substituents is 1. The standard InChI is InChI=1S/C29H26ClNO5/c1-29(2,3)19-7-4-16(5-8-19)25-24(26(33)18-6-11-23-17(14-18)12-13-36-23)27(34)28(35)31(25)21-15-20(30)9-10-22(21)32/h4-11,14-15,25,32-33H,12-13H2,1-3H3/b26-24-. The number of anilines is 1. The second-order valence-corrected chi connectivity index (χ2v) is 10.5. The number of hydrogen-bond donors (Lipinski definition) is 2. The van der Waals surface area contributed by atoms with Crippen molar-refractivity contribution in [3.05, 3.63) is 93.5 Å². The molecule has 3 aromatic rings. The zero-order valence-corrected chi connectivity index (χ0v) is 21.0. The van der Waals surface area contributed by atoms with Crippen molar-refractivity contribution in [1.29, 1.82) is 0 Å². The van der Waals surface area contributed by atoms with Crippen LogP contribution in [-0.4, -0.2) is 28.5 Å². The van der Waals surface area contributed by atoms with Crippen molar-refractivity contribution in [3.8, 4) is 11.5 Å². The van der Waals surface area contributed by atoms with Gasteiger partial charge in [-0.15, -0.1) is 0 Å². The van der Waals surface area contributed by atoms with Crippen LogP contribution in [-0.2, 0) is 21.4 Å². The van der Waals surface area contributed by atoms with E-state index in [9.17, 15) is 19.8 Å². The van der Waals surface area contributed by atoms with E-state index < -0.39 is 17.7 Å². The minimum atomic E-state index is -0.965. The van der Waals surface area contributed by atoms with Crippen LogP contribution < -0.4 is 9.64 Å². The zero-order chi connectivity index (χ0) is 25.8. The number of nitrogens with zero attached hydrogens (tertiary/aromatic N) is 1. The molecule has 0 saturated carbocycles. The Hall–Kier alpha value is -3.77. The molecule has 2 heterocycles. The van der Waals surface area contributed by atoms with Crippen LogP contribution in [0.4, 0.5) is 5.69 Å². The third kappa shape index (κ3) is 4.01. The molecule has 0 radical (unpaired) electrons. The van der Waals surface area contributed by atoms with E-state index in [4.69, 9.17) is 16.3 Å². The lowest BCUT2D eigenvalue weighted by Gasteiger charge is -2.27. The molecule has 1 fully saturated rings. The van der Waals surface area contributed by atoms with Crippen LogP contribution in [0.5, 0.6) is 11.5 Å². The van der Waals surface area contributed by atoms with Crippen LogP contribution in [0.1, 0.15) is 49.1 Å². The second-order valence-electron chi connectivity index (χ2n) is 10.1. The van der Waals surface area contributed by atoms with E-state index in [1.165, 1.54) is 23.1 Å². The van der Waals surface area contributed by atoms with Gasteiger partial charge in [-0.1, -0.05) is 56.6 Å². The lowest BCUT2D eigenvalue weighted by atomic mass is 9.85. The van der Waals surface area contributed by atoms with Crippen LogP contribution in [0.15, 0.2) is 66.2 Å². The summed E-state index contributed by atoms with van der Waals surface area (Å²) in [7, 11) is 0. The fraction of sp³-hybridized carbons (Fsp3) is 0.241. The van der Waals surface area contributed by atoms with Crippen molar-refractivity contribution in [1.82, 2.24) is 0 Å². The number of amides is 1. The largest absolute Gasteiger partial charge is 0.507 e. The summed E-state index contributed by atoms with van der Waals surface area (Å²) in [5, 5.41) is 22.3. The molecular weight excluding hydrogens is 478 g/mol. The highest BCUT2D eigenvalue weighted by Crippen LogP contribution is 2.46. The van der Waals surface area contributed by atoms with Gasteiger partial charge in [0.25, 0.3) is 11.7 Å². The Bertz CT molecular complexity index is 1420. The summed E-state index contributed by atoms with van der Waals surface area (Å²) in [5.41, 5.74) is 2.98. The lowest BCUT2D eigenvalue weighted by molar-refractivity contribution is -0.132. The highest BCUT2D eigenvalue weighted by molar-refractivity contribution is 6.52. The van der Waals surface area contributed by atoms with Gasteiger partial charge < -0.3 is 14.9 Å². The molecule has 1 atom stereocenters. The highest BCUT2D eigenvalue weighted by atomic mass is 35.5. The second kappa shape index (κ2) is 8.71. The summed E-state index contributed by atoms with van der Waals surface area (Å²) in [4.78, 5) is 28.0.